The van der Waals surface area contributed by atoms with Crippen molar-refractivity contribution in [2.45, 2.75) is 20.3 Å². The maximum atomic E-state index is 9.57. The zero-order chi connectivity index (χ0) is 18.8. The fourth-order valence-electron chi connectivity index (χ4n) is 3.65. The normalized spacial score (nSPS) is 11.1. The van der Waals surface area contributed by atoms with Crippen molar-refractivity contribution in [3.05, 3.63) is 95.6 Å². The van der Waals surface area contributed by atoms with E-state index in [0.29, 0.717) is 6.42 Å². The van der Waals surface area contributed by atoms with E-state index in [1.54, 1.807) is 0 Å². The molecule has 0 unspecified atom stereocenters. The van der Waals surface area contributed by atoms with Gasteiger partial charge in [0.25, 0.3) is 0 Å². The van der Waals surface area contributed by atoms with E-state index < -0.39 is 0 Å². The van der Waals surface area contributed by atoms with Crippen LogP contribution in [0.3, 0.4) is 0 Å². The monoisotopic (exact) mass is 351 g/mol. The smallest absolute Gasteiger partial charge is 0.0471 e. The third kappa shape index (κ3) is 3.39. The van der Waals surface area contributed by atoms with Gasteiger partial charge >= 0.3 is 0 Å². The molecular weight excluding hydrogens is 328 g/mol. The highest BCUT2D eigenvalue weighted by atomic mass is 16.2. The summed E-state index contributed by atoms with van der Waals surface area (Å²) in [4.78, 5) is 0. The molecule has 0 spiro atoms. The summed E-state index contributed by atoms with van der Waals surface area (Å²) in [6.07, 6.45) is 0.605. The fraction of sp³-hybridized carbons (Fsp3) is 0.154. The Balaban J connectivity index is 2.08. The van der Waals surface area contributed by atoms with Gasteiger partial charge in [-0.05, 0) is 64.9 Å². The Hall–Kier alpha value is -2.90. The SMILES string of the molecule is Cc1ccc(-c2[c]c(CCO)c3ccccc3c2-c2ccc(C)cc2)cc1. The maximum Gasteiger partial charge on any atom is 0.0471 e. The van der Waals surface area contributed by atoms with Gasteiger partial charge in [0.2, 0.25) is 0 Å². The van der Waals surface area contributed by atoms with Crippen LogP contribution < -0.4 is 0 Å². The highest BCUT2D eigenvalue weighted by Crippen LogP contribution is 2.39. The second-order valence-corrected chi connectivity index (χ2v) is 7.10. The zero-order valence-electron chi connectivity index (χ0n) is 15.8. The number of aryl methyl sites for hydroxylation is 2. The summed E-state index contributed by atoms with van der Waals surface area (Å²) in [5.41, 5.74) is 8.21. The quantitative estimate of drug-likeness (QED) is 0.469. The summed E-state index contributed by atoms with van der Waals surface area (Å²) < 4.78 is 0. The van der Waals surface area contributed by atoms with Crippen molar-refractivity contribution >= 4 is 10.8 Å². The van der Waals surface area contributed by atoms with Crippen LogP contribution in [0.4, 0.5) is 0 Å². The van der Waals surface area contributed by atoms with Gasteiger partial charge in [0, 0.05) is 6.61 Å². The Bertz CT molecular complexity index is 1070. The van der Waals surface area contributed by atoms with Crippen LogP contribution in [-0.2, 0) is 6.42 Å². The molecule has 0 aliphatic rings. The molecule has 0 aliphatic heterocycles. The van der Waals surface area contributed by atoms with E-state index in [4.69, 9.17) is 0 Å². The molecule has 0 amide bonds. The van der Waals surface area contributed by atoms with Gasteiger partial charge in [0.15, 0.2) is 0 Å². The molecular formula is C26H23O. The van der Waals surface area contributed by atoms with Crippen LogP contribution in [0, 0.1) is 19.9 Å². The lowest BCUT2D eigenvalue weighted by molar-refractivity contribution is 0.300. The molecule has 1 radical (unpaired) electrons. The minimum atomic E-state index is 0.123. The van der Waals surface area contributed by atoms with Crippen molar-refractivity contribution < 1.29 is 5.11 Å². The topological polar surface area (TPSA) is 20.2 Å². The molecule has 0 fully saturated rings. The predicted octanol–water partition coefficient (Wildman–Crippen LogP) is 6.13. The Morgan fingerprint density at radius 3 is 1.85 bits per heavy atom. The molecule has 0 saturated carbocycles. The molecule has 0 bridgehead atoms. The van der Waals surface area contributed by atoms with Crippen LogP contribution in [0.2, 0.25) is 0 Å². The second-order valence-electron chi connectivity index (χ2n) is 7.10. The van der Waals surface area contributed by atoms with Crippen LogP contribution in [-0.4, -0.2) is 11.7 Å². The van der Waals surface area contributed by atoms with E-state index in [0.717, 1.165) is 22.1 Å². The van der Waals surface area contributed by atoms with Crippen molar-refractivity contribution in [3.8, 4) is 22.3 Å². The van der Waals surface area contributed by atoms with Gasteiger partial charge < -0.3 is 5.11 Å². The molecule has 4 aromatic carbocycles. The zero-order valence-corrected chi connectivity index (χ0v) is 15.8. The van der Waals surface area contributed by atoms with Crippen molar-refractivity contribution in [1.82, 2.24) is 0 Å². The Labute approximate surface area is 160 Å². The molecule has 1 N–H and O–H groups in total. The van der Waals surface area contributed by atoms with E-state index in [-0.39, 0.29) is 6.61 Å². The molecule has 0 saturated heterocycles. The minimum Gasteiger partial charge on any atom is -0.396 e. The van der Waals surface area contributed by atoms with Gasteiger partial charge in [-0.2, -0.15) is 0 Å². The lowest BCUT2D eigenvalue weighted by Gasteiger charge is -2.17. The maximum absolute atomic E-state index is 9.57. The lowest BCUT2D eigenvalue weighted by Crippen LogP contribution is -1.97. The average Bonchev–Trinajstić information content (AvgIpc) is 2.69. The summed E-state index contributed by atoms with van der Waals surface area (Å²) in [5.74, 6) is 0. The van der Waals surface area contributed by atoms with Gasteiger partial charge in [-0.3, -0.25) is 0 Å². The third-order valence-corrected chi connectivity index (χ3v) is 5.09. The summed E-state index contributed by atoms with van der Waals surface area (Å²) in [7, 11) is 0. The number of fused-ring (bicyclic) bond motifs is 1. The van der Waals surface area contributed by atoms with Crippen LogP contribution in [0.5, 0.6) is 0 Å². The van der Waals surface area contributed by atoms with E-state index >= 15 is 0 Å². The van der Waals surface area contributed by atoms with Gasteiger partial charge in [0.05, 0.1) is 0 Å². The molecule has 0 atom stereocenters. The summed E-state index contributed by atoms with van der Waals surface area (Å²) in [6, 6.07) is 29.4. The van der Waals surface area contributed by atoms with Crippen LogP contribution in [0.25, 0.3) is 33.0 Å². The van der Waals surface area contributed by atoms with Gasteiger partial charge in [-0.15, -0.1) is 0 Å². The van der Waals surface area contributed by atoms with E-state index in [1.807, 2.05) is 0 Å². The number of hydrogen-bond acceptors (Lipinski definition) is 1. The van der Waals surface area contributed by atoms with Crippen molar-refractivity contribution in [3.63, 3.8) is 0 Å². The highest BCUT2D eigenvalue weighted by Gasteiger charge is 2.15. The molecule has 133 valence electrons. The predicted molar refractivity (Wildman–Crippen MR) is 114 cm³/mol. The molecule has 4 rings (SSSR count). The van der Waals surface area contributed by atoms with Gasteiger partial charge in [0.1, 0.15) is 0 Å². The largest absolute Gasteiger partial charge is 0.396 e. The fourth-order valence-corrected chi connectivity index (χ4v) is 3.65. The molecule has 0 aromatic heterocycles. The second kappa shape index (κ2) is 7.38. The lowest BCUT2D eigenvalue weighted by atomic mass is 9.86. The van der Waals surface area contributed by atoms with Crippen molar-refractivity contribution in [2.24, 2.45) is 0 Å². The average molecular weight is 351 g/mol. The first kappa shape index (κ1) is 17.5. The summed E-state index contributed by atoms with van der Waals surface area (Å²) in [5, 5.41) is 11.9. The van der Waals surface area contributed by atoms with Crippen molar-refractivity contribution in [2.75, 3.05) is 6.61 Å². The van der Waals surface area contributed by atoms with E-state index in [2.05, 4.69) is 92.7 Å². The molecule has 4 aromatic rings. The molecule has 27 heavy (non-hydrogen) atoms. The highest BCUT2D eigenvalue weighted by molar-refractivity contribution is 6.05. The first-order chi connectivity index (χ1) is 13.2. The Morgan fingerprint density at radius 1 is 0.704 bits per heavy atom. The Kier molecular flexibility index (Phi) is 4.79. The molecule has 1 heteroatoms. The first-order valence-corrected chi connectivity index (χ1v) is 9.39. The number of rotatable bonds is 4. The number of aliphatic hydroxyl groups excluding tert-OH is 1. The van der Waals surface area contributed by atoms with Crippen LogP contribution in [0.15, 0.2) is 72.8 Å². The number of hydrogen-bond donors (Lipinski definition) is 1. The van der Waals surface area contributed by atoms with E-state index in [1.165, 1.54) is 27.6 Å². The standard InChI is InChI=1S/C26H23O/c1-18-7-11-20(12-8-18)25-17-22(15-16-27)23-5-3-4-6-24(23)26(25)21-13-9-19(2)10-14-21/h3-14,27H,15-16H2,1-2H3. The van der Waals surface area contributed by atoms with Gasteiger partial charge in [-0.1, -0.05) is 83.9 Å². The van der Waals surface area contributed by atoms with Gasteiger partial charge in [-0.25, -0.2) is 0 Å². The number of aliphatic hydroxyl groups is 1. The number of benzene rings is 4. The van der Waals surface area contributed by atoms with E-state index in [9.17, 15) is 5.11 Å². The third-order valence-electron chi connectivity index (χ3n) is 5.09. The van der Waals surface area contributed by atoms with Crippen molar-refractivity contribution in [1.29, 1.82) is 0 Å². The molecule has 1 nitrogen and oxygen atoms in total. The summed E-state index contributed by atoms with van der Waals surface area (Å²) >= 11 is 0. The molecule has 0 heterocycles. The molecule has 0 aliphatic carbocycles. The minimum absolute atomic E-state index is 0.123. The van der Waals surface area contributed by atoms with Crippen LogP contribution >= 0.6 is 0 Å². The summed E-state index contributed by atoms with van der Waals surface area (Å²) in [6.45, 7) is 4.34. The first-order valence-electron chi connectivity index (χ1n) is 9.39. The Morgan fingerprint density at radius 2 is 1.26 bits per heavy atom. The van der Waals surface area contributed by atoms with Crippen LogP contribution in [0.1, 0.15) is 16.7 Å².